The lowest BCUT2D eigenvalue weighted by Gasteiger charge is -2.17. The molecule has 10 heteroatoms. The number of aryl methyl sites for hydroxylation is 1. The molecule has 0 amide bonds. The van der Waals surface area contributed by atoms with Gasteiger partial charge in [-0.3, -0.25) is 24.5 Å². The first-order chi connectivity index (χ1) is 13.8. The highest BCUT2D eigenvalue weighted by Gasteiger charge is 2.27. The van der Waals surface area contributed by atoms with Crippen molar-refractivity contribution in [2.45, 2.75) is 51.7 Å². The van der Waals surface area contributed by atoms with Crippen LogP contribution in [0.25, 0.3) is 0 Å². The van der Waals surface area contributed by atoms with Gasteiger partial charge in [0.05, 0.1) is 41.5 Å². The van der Waals surface area contributed by atoms with Crippen LogP contribution in [0, 0.1) is 17.0 Å². The molecule has 1 fully saturated rings. The molecule has 1 aromatic carbocycles. The van der Waals surface area contributed by atoms with Crippen LogP contribution >= 0.6 is 0 Å². The number of hydrogen-bond acceptors (Lipinski definition) is 7. The lowest BCUT2D eigenvalue weighted by Crippen LogP contribution is -2.34. The molecule has 2 aromatic rings. The Hall–Kier alpha value is -2.82. The summed E-state index contributed by atoms with van der Waals surface area (Å²) < 4.78 is 12.6. The quantitative estimate of drug-likeness (QED) is 0.528. The Balaban J connectivity index is 1.79. The van der Waals surface area contributed by atoms with Gasteiger partial charge in [-0.15, -0.1) is 0 Å². The Morgan fingerprint density at radius 3 is 2.83 bits per heavy atom. The average molecular weight is 405 g/mol. The molecule has 1 saturated heterocycles. The van der Waals surface area contributed by atoms with Gasteiger partial charge in [-0.1, -0.05) is 6.07 Å². The number of nitro benzene ring substituents is 1. The van der Waals surface area contributed by atoms with Crippen LogP contribution in [0.3, 0.4) is 0 Å². The molecule has 0 spiro atoms. The average Bonchev–Trinajstić information content (AvgIpc) is 3.16. The van der Waals surface area contributed by atoms with Gasteiger partial charge in [0, 0.05) is 12.3 Å². The third-order valence-electron chi connectivity index (χ3n) is 4.95. The van der Waals surface area contributed by atoms with Crippen LogP contribution in [-0.4, -0.2) is 32.3 Å². The summed E-state index contributed by atoms with van der Waals surface area (Å²) in [6.07, 6.45) is 0.946. The largest absolute Gasteiger partial charge is 0.394 e. The van der Waals surface area contributed by atoms with Gasteiger partial charge in [0.1, 0.15) is 6.23 Å². The Bertz CT molecular complexity index is 1010. The first-order valence-electron chi connectivity index (χ1n) is 9.27. The number of nitro groups is 1. The Morgan fingerprint density at radius 2 is 2.17 bits per heavy atom. The number of aromatic amines is 1. The van der Waals surface area contributed by atoms with E-state index >= 15 is 0 Å². The molecule has 1 unspecified atom stereocenters. The molecule has 3 rings (SSSR count). The highest BCUT2D eigenvalue weighted by molar-refractivity contribution is 5.44. The first-order valence-corrected chi connectivity index (χ1v) is 9.27. The van der Waals surface area contributed by atoms with Gasteiger partial charge in [-0.2, -0.15) is 0 Å². The van der Waals surface area contributed by atoms with Crippen molar-refractivity contribution in [3.05, 3.63) is 72.0 Å². The number of nitrogens with zero attached hydrogens (tertiary/aromatic N) is 2. The third-order valence-corrected chi connectivity index (χ3v) is 4.95. The summed E-state index contributed by atoms with van der Waals surface area (Å²) in [5.41, 5.74) is 0.107. The summed E-state index contributed by atoms with van der Waals surface area (Å²) in [4.78, 5) is 37.4. The maximum Gasteiger partial charge on any atom is 0.330 e. The highest BCUT2D eigenvalue weighted by Crippen LogP contribution is 2.29. The van der Waals surface area contributed by atoms with Crippen LogP contribution in [0.1, 0.15) is 48.8 Å². The summed E-state index contributed by atoms with van der Waals surface area (Å²) in [5.74, 6) is 0. The number of H-pyrrole nitrogens is 1. The van der Waals surface area contributed by atoms with Crippen molar-refractivity contribution in [1.82, 2.24) is 9.55 Å². The molecule has 0 saturated carbocycles. The van der Waals surface area contributed by atoms with E-state index in [1.54, 1.807) is 26.0 Å². The monoisotopic (exact) mass is 405 g/mol. The van der Waals surface area contributed by atoms with Gasteiger partial charge in [0.25, 0.3) is 11.2 Å². The number of rotatable bonds is 7. The molecule has 0 radical (unpaired) electrons. The van der Waals surface area contributed by atoms with E-state index in [0.29, 0.717) is 18.4 Å². The van der Waals surface area contributed by atoms with Crippen molar-refractivity contribution in [1.29, 1.82) is 0 Å². The Labute approximate surface area is 165 Å². The van der Waals surface area contributed by atoms with Crippen molar-refractivity contribution in [2.75, 3.05) is 6.61 Å². The predicted molar refractivity (Wildman–Crippen MR) is 103 cm³/mol. The zero-order valence-electron chi connectivity index (χ0n) is 16.2. The second-order valence-electron chi connectivity index (χ2n) is 7.07. The molecular weight excluding hydrogens is 382 g/mol. The molecule has 156 valence electrons. The minimum absolute atomic E-state index is 0.0502. The summed E-state index contributed by atoms with van der Waals surface area (Å²) >= 11 is 0. The molecular formula is C19H23N3O7. The lowest BCUT2D eigenvalue weighted by atomic mass is 10.1. The van der Waals surface area contributed by atoms with Crippen LogP contribution in [0.2, 0.25) is 0 Å². The Morgan fingerprint density at radius 1 is 1.41 bits per heavy atom. The number of benzene rings is 1. The van der Waals surface area contributed by atoms with Gasteiger partial charge in [-0.05, 0) is 38.3 Å². The standard InChI is InChI=1S/C19H23N3O7/c1-11-3-5-15(16(7-11)22(26)27)12(2)28-10-13-8-21(19(25)20-18(13)24)17-6-4-14(9-23)29-17/h3,5,7-8,12,14,17,23H,4,6,9-10H2,1-2H3,(H,20,24,25)/t12?,14-,17+/m0/s1. The van der Waals surface area contributed by atoms with E-state index in [1.807, 2.05) is 0 Å². The van der Waals surface area contributed by atoms with E-state index < -0.39 is 28.5 Å². The van der Waals surface area contributed by atoms with E-state index in [2.05, 4.69) is 4.98 Å². The highest BCUT2D eigenvalue weighted by atomic mass is 16.6. The zero-order valence-corrected chi connectivity index (χ0v) is 16.2. The smallest absolute Gasteiger partial charge is 0.330 e. The normalized spacial score (nSPS) is 20.0. The van der Waals surface area contributed by atoms with E-state index in [9.17, 15) is 24.8 Å². The maximum absolute atomic E-state index is 12.2. The fraction of sp³-hybridized carbons (Fsp3) is 0.474. The molecule has 1 aliphatic heterocycles. The van der Waals surface area contributed by atoms with E-state index in [4.69, 9.17) is 9.47 Å². The number of nitrogens with one attached hydrogen (secondary N) is 1. The fourth-order valence-electron chi connectivity index (χ4n) is 3.33. The van der Waals surface area contributed by atoms with Gasteiger partial charge in [-0.25, -0.2) is 4.79 Å². The molecule has 0 bridgehead atoms. The number of aliphatic hydroxyl groups is 1. The molecule has 1 aromatic heterocycles. The molecule has 1 aliphatic rings. The summed E-state index contributed by atoms with van der Waals surface area (Å²) in [5, 5.41) is 20.5. The van der Waals surface area contributed by atoms with Crippen LogP contribution < -0.4 is 11.2 Å². The second-order valence-corrected chi connectivity index (χ2v) is 7.07. The molecule has 2 N–H and O–H groups in total. The number of hydrogen-bond donors (Lipinski definition) is 2. The van der Waals surface area contributed by atoms with Gasteiger partial charge in [0.15, 0.2) is 0 Å². The van der Waals surface area contributed by atoms with Crippen molar-refractivity contribution in [3.8, 4) is 0 Å². The van der Waals surface area contributed by atoms with E-state index in [-0.39, 0.29) is 30.6 Å². The van der Waals surface area contributed by atoms with Crippen molar-refractivity contribution < 1.29 is 19.5 Å². The molecule has 0 aliphatic carbocycles. The second kappa shape index (κ2) is 8.68. The summed E-state index contributed by atoms with van der Waals surface area (Å²) in [6, 6.07) is 4.85. The maximum atomic E-state index is 12.2. The topological polar surface area (TPSA) is 137 Å². The van der Waals surface area contributed by atoms with Gasteiger partial charge in [0.2, 0.25) is 0 Å². The van der Waals surface area contributed by atoms with Crippen LogP contribution in [0.5, 0.6) is 0 Å². The number of aliphatic hydroxyl groups excluding tert-OH is 1. The molecule has 3 atom stereocenters. The van der Waals surface area contributed by atoms with Crippen molar-refractivity contribution in [2.24, 2.45) is 0 Å². The van der Waals surface area contributed by atoms with Gasteiger partial charge >= 0.3 is 5.69 Å². The third kappa shape index (κ3) is 4.61. The minimum Gasteiger partial charge on any atom is -0.394 e. The molecule has 29 heavy (non-hydrogen) atoms. The van der Waals surface area contributed by atoms with Crippen molar-refractivity contribution in [3.63, 3.8) is 0 Å². The van der Waals surface area contributed by atoms with Crippen molar-refractivity contribution >= 4 is 5.69 Å². The number of ether oxygens (including phenoxy) is 2. The summed E-state index contributed by atoms with van der Waals surface area (Å²) in [7, 11) is 0. The lowest BCUT2D eigenvalue weighted by molar-refractivity contribution is -0.386. The van der Waals surface area contributed by atoms with E-state index in [1.165, 1.54) is 16.8 Å². The molecule has 2 heterocycles. The zero-order chi connectivity index (χ0) is 21.1. The van der Waals surface area contributed by atoms with Crippen LogP contribution in [0.4, 0.5) is 5.69 Å². The molecule has 10 nitrogen and oxygen atoms in total. The number of aromatic nitrogens is 2. The van der Waals surface area contributed by atoms with Crippen LogP contribution in [0.15, 0.2) is 34.0 Å². The fourth-order valence-corrected chi connectivity index (χ4v) is 3.33. The predicted octanol–water partition coefficient (Wildman–Crippen LogP) is 1.70. The Kier molecular flexibility index (Phi) is 6.26. The minimum atomic E-state index is -0.641. The van der Waals surface area contributed by atoms with Gasteiger partial charge < -0.3 is 14.6 Å². The van der Waals surface area contributed by atoms with Crippen LogP contribution in [-0.2, 0) is 16.1 Å². The summed E-state index contributed by atoms with van der Waals surface area (Å²) in [6.45, 7) is 3.14. The van der Waals surface area contributed by atoms with E-state index in [0.717, 1.165) is 5.56 Å². The first kappa shape index (κ1) is 20.9. The SMILES string of the molecule is Cc1ccc(C(C)OCc2cn([C@H]3CC[C@@H](CO)O3)c(=O)[nH]c2=O)c([N+](=O)[O-])c1.